The fourth-order valence-corrected chi connectivity index (χ4v) is 4.83. The fraction of sp³-hybridized carbons (Fsp3) is 0.391. The Balaban J connectivity index is 0.000000934. The van der Waals surface area contributed by atoms with Gasteiger partial charge < -0.3 is 23.9 Å². The second kappa shape index (κ2) is 13.2. The van der Waals surface area contributed by atoms with E-state index in [9.17, 15) is 22.8 Å². The van der Waals surface area contributed by atoms with Crippen molar-refractivity contribution in [2.24, 2.45) is 5.14 Å². The van der Waals surface area contributed by atoms with E-state index < -0.39 is 34.5 Å². The van der Waals surface area contributed by atoms with E-state index in [1.165, 1.54) is 5.38 Å². The van der Waals surface area contributed by atoms with Crippen LogP contribution in [0, 0.1) is 0 Å². The van der Waals surface area contributed by atoms with Gasteiger partial charge in [-0.15, -0.1) is 11.3 Å². The summed E-state index contributed by atoms with van der Waals surface area (Å²) in [7, 11) is 1.66. The molecule has 1 aromatic carbocycles. The minimum absolute atomic E-state index is 0.00827. The summed E-state index contributed by atoms with van der Waals surface area (Å²) in [5.74, 6) is -1.13. The Bertz CT molecular complexity index is 1320. The van der Waals surface area contributed by atoms with Crippen molar-refractivity contribution >= 4 is 44.5 Å². The number of hydrogen-bond donors (Lipinski definition) is 2. The minimum Gasteiger partial charge on any atom is -0.760 e. The monoisotopic (exact) mass is 575 g/mol. The lowest BCUT2D eigenvalue weighted by atomic mass is 10.2. The molecule has 38 heavy (non-hydrogen) atoms. The number of thiophene rings is 1. The Morgan fingerprint density at radius 1 is 1.26 bits per heavy atom. The second-order valence-corrected chi connectivity index (χ2v) is 9.55. The van der Waals surface area contributed by atoms with Crippen molar-refractivity contribution in [1.29, 1.82) is 0 Å². The van der Waals surface area contributed by atoms with E-state index >= 15 is 0 Å². The number of para-hydroxylation sites is 2. The van der Waals surface area contributed by atoms with Crippen molar-refractivity contribution in [3.8, 4) is 5.75 Å². The van der Waals surface area contributed by atoms with Crippen LogP contribution in [-0.2, 0) is 17.4 Å². The maximum Gasteiger partial charge on any atom is 0.449 e. The quantitative estimate of drug-likeness (QED) is 0.324. The first-order valence-corrected chi connectivity index (χ1v) is 13.4. The fourth-order valence-electron chi connectivity index (χ4n) is 3.94. The Morgan fingerprint density at radius 2 is 1.92 bits per heavy atom. The number of nitrogens with one attached hydrogen (secondary N) is 1. The molecule has 0 radical (unpaired) electrons. The minimum atomic E-state index is -4.81. The maximum atomic E-state index is 13.0. The molecule has 0 aliphatic carbocycles. The number of nitrogens with zero attached hydrogens (tertiary/aromatic N) is 2. The van der Waals surface area contributed by atoms with Gasteiger partial charge in [-0.2, -0.15) is 13.2 Å². The zero-order valence-electron chi connectivity index (χ0n) is 20.3. The van der Waals surface area contributed by atoms with Gasteiger partial charge >= 0.3 is 6.18 Å². The molecule has 1 aliphatic rings. The molecule has 0 spiro atoms. The number of methoxy groups -OCH3 is 1. The molecule has 2 aromatic heterocycles. The highest BCUT2D eigenvalue weighted by Crippen LogP contribution is 2.33. The van der Waals surface area contributed by atoms with E-state index in [1.54, 1.807) is 7.11 Å². The van der Waals surface area contributed by atoms with Gasteiger partial charge in [0.15, 0.2) is 5.58 Å². The molecule has 0 bridgehead atoms. The number of nitrogens with two attached hydrogens (primary N) is 1. The van der Waals surface area contributed by atoms with Gasteiger partial charge in [0.2, 0.25) is 11.2 Å². The van der Waals surface area contributed by atoms with E-state index in [0.717, 1.165) is 55.5 Å². The number of piperazine rings is 1. The lowest BCUT2D eigenvalue weighted by molar-refractivity contribution is -0.152. The number of benzene rings is 1. The Morgan fingerprint density at radius 3 is 2.55 bits per heavy atom. The van der Waals surface area contributed by atoms with Gasteiger partial charge in [0.1, 0.15) is 10.4 Å². The lowest BCUT2D eigenvalue weighted by Crippen LogP contribution is -2.47. The van der Waals surface area contributed by atoms with E-state index in [-0.39, 0.29) is 15.8 Å². The summed E-state index contributed by atoms with van der Waals surface area (Å²) in [5.41, 5.74) is -0.131. The van der Waals surface area contributed by atoms with Crippen LogP contribution in [0.25, 0.3) is 10.3 Å². The molecule has 1 unspecified atom stereocenters. The van der Waals surface area contributed by atoms with E-state index in [1.807, 2.05) is 24.3 Å². The number of amides is 1. The third-order valence-electron chi connectivity index (χ3n) is 5.70. The normalized spacial score (nSPS) is 15.1. The summed E-state index contributed by atoms with van der Waals surface area (Å²) in [6, 6.07) is 8.32. The molecule has 208 valence electrons. The number of alkyl halides is 3. The first kappa shape index (κ1) is 29.6. The third-order valence-corrected chi connectivity index (χ3v) is 6.68. The van der Waals surface area contributed by atoms with Gasteiger partial charge in [-0.25, -0.2) is 0 Å². The summed E-state index contributed by atoms with van der Waals surface area (Å²) in [6.45, 7) is 4.57. The van der Waals surface area contributed by atoms with Gasteiger partial charge in [-0.1, -0.05) is 12.1 Å². The number of ether oxygens (including phenoxy) is 1. The largest absolute Gasteiger partial charge is 0.760 e. The number of halogens is 3. The van der Waals surface area contributed by atoms with E-state index in [4.69, 9.17) is 17.9 Å². The highest BCUT2D eigenvalue weighted by molar-refractivity contribution is 7.76. The summed E-state index contributed by atoms with van der Waals surface area (Å²) < 4.78 is 66.8. The summed E-state index contributed by atoms with van der Waals surface area (Å²) in [5, 5.41) is 8.09. The van der Waals surface area contributed by atoms with Crippen molar-refractivity contribution in [3.63, 3.8) is 0 Å². The van der Waals surface area contributed by atoms with Crippen LogP contribution in [0.3, 0.4) is 0 Å². The van der Waals surface area contributed by atoms with Crippen LogP contribution in [0.15, 0.2) is 44.9 Å². The Kier molecular flexibility index (Phi) is 10.3. The molecule has 3 N–H and O–H groups in total. The topological polar surface area (TPSA) is 141 Å². The molecule has 1 fully saturated rings. The Labute approximate surface area is 222 Å². The smallest absolute Gasteiger partial charge is 0.449 e. The number of rotatable bonds is 7. The first-order chi connectivity index (χ1) is 18.0. The van der Waals surface area contributed by atoms with Gasteiger partial charge in [-0.05, 0) is 25.1 Å². The molecule has 3 aromatic rings. The second-order valence-electron chi connectivity index (χ2n) is 8.15. The Hall–Kier alpha value is -2.98. The van der Waals surface area contributed by atoms with Crippen molar-refractivity contribution in [2.75, 3.05) is 51.3 Å². The van der Waals surface area contributed by atoms with Crippen LogP contribution in [0.1, 0.15) is 22.5 Å². The zero-order chi connectivity index (χ0) is 27.9. The van der Waals surface area contributed by atoms with Crippen LogP contribution in [0.4, 0.5) is 18.9 Å². The van der Waals surface area contributed by atoms with Crippen molar-refractivity contribution in [1.82, 2.24) is 10.2 Å². The van der Waals surface area contributed by atoms with E-state index in [2.05, 4.69) is 20.3 Å². The summed E-state index contributed by atoms with van der Waals surface area (Å²) in [6.07, 6.45) is -4.13. The number of hydrogen-bond acceptors (Lipinski definition) is 9. The molecule has 1 aliphatic heterocycles. The van der Waals surface area contributed by atoms with Crippen LogP contribution in [-0.4, -0.2) is 65.9 Å². The van der Waals surface area contributed by atoms with Crippen LogP contribution in [0.2, 0.25) is 0 Å². The molecule has 1 saturated heterocycles. The molecule has 3 heterocycles. The molecule has 0 saturated carbocycles. The summed E-state index contributed by atoms with van der Waals surface area (Å²) in [4.78, 5) is 29.1. The lowest BCUT2D eigenvalue weighted by Gasteiger charge is -2.36. The molecule has 1 amide bonds. The SMILES string of the molecule is COc1ccccc1N1CCN(CCCNC(=O)c2csc3c(=O)cc(C(F)(F)F)oc23)CC1.NS(=O)[O-]. The van der Waals surface area contributed by atoms with Gasteiger partial charge in [0.25, 0.3) is 5.91 Å². The predicted octanol–water partition coefficient (Wildman–Crippen LogP) is 2.56. The highest BCUT2D eigenvalue weighted by atomic mass is 32.2. The third kappa shape index (κ3) is 7.77. The average Bonchev–Trinajstić information content (AvgIpc) is 3.31. The molecular weight excluding hydrogens is 549 g/mol. The molecule has 1 atom stereocenters. The predicted molar refractivity (Wildman–Crippen MR) is 137 cm³/mol. The number of anilines is 1. The standard InChI is InChI=1S/C23H24F3N3O4S.H3NO2S/c1-32-18-6-3-2-5-16(18)29-11-9-28(10-12-29)8-4-7-27-22(31)15-14-34-21-17(30)13-19(23(24,25)26)33-20(15)21;1-4(2)3/h2-3,5-6,13-14H,4,7-12H2,1H3,(H,27,31);1H2,(H,2,3)/p-1. The van der Waals surface area contributed by atoms with Crippen molar-refractivity contribution < 1.29 is 35.9 Å². The average molecular weight is 576 g/mol. The number of carbonyl (C=O) groups is 1. The van der Waals surface area contributed by atoms with Crippen LogP contribution < -0.4 is 25.5 Å². The maximum absolute atomic E-state index is 13.0. The highest BCUT2D eigenvalue weighted by Gasteiger charge is 2.35. The zero-order valence-corrected chi connectivity index (χ0v) is 21.9. The van der Waals surface area contributed by atoms with Gasteiger partial charge in [-0.3, -0.25) is 23.8 Å². The van der Waals surface area contributed by atoms with Crippen LogP contribution in [0.5, 0.6) is 5.75 Å². The van der Waals surface area contributed by atoms with E-state index in [0.29, 0.717) is 19.0 Å². The van der Waals surface area contributed by atoms with Gasteiger partial charge in [0, 0.05) is 55.4 Å². The molecule has 15 heteroatoms. The summed E-state index contributed by atoms with van der Waals surface area (Å²) >= 11 is -1.47. The molecule has 10 nitrogen and oxygen atoms in total. The molecular formula is C23H26F3N4O6S2-. The first-order valence-electron chi connectivity index (χ1n) is 11.4. The van der Waals surface area contributed by atoms with Crippen LogP contribution >= 0.6 is 11.3 Å². The van der Waals surface area contributed by atoms with Gasteiger partial charge in [0.05, 0.1) is 18.4 Å². The van der Waals surface area contributed by atoms with Crippen molar-refractivity contribution in [3.05, 3.63) is 57.3 Å². The number of carbonyl (C=O) groups excluding carboxylic acids is 1. The molecule has 4 rings (SSSR count). The van der Waals surface area contributed by atoms with Crippen molar-refractivity contribution in [2.45, 2.75) is 12.6 Å². The number of fused-ring (bicyclic) bond motifs is 1.